The lowest BCUT2D eigenvalue weighted by Crippen LogP contribution is -2.81. The number of carbonyl (C=O) groups excluding carboxylic acids is 1. The van der Waals surface area contributed by atoms with E-state index in [2.05, 4.69) is 17.0 Å². The third-order valence-electron chi connectivity index (χ3n) is 12.2. The Morgan fingerprint density at radius 2 is 1.92 bits per heavy atom. The number of ether oxygens (including phenoxy) is 3. The lowest BCUT2D eigenvalue weighted by molar-refractivity contribution is -0.273. The number of benzene rings is 1. The lowest BCUT2D eigenvalue weighted by Gasteiger charge is -2.73. The number of hydrogen-bond acceptors (Lipinski definition) is 5. The van der Waals surface area contributed by atoms with Crippen LogP contribution in [0.5, 0.6) is 11.5 Å². The van der Waals surface area contributed by atoms with Crippen molar-refractivity contribution in [1.29, 1.82) is 0 Å². The monoisotopic (exact) mass is 491 g/mol. The largest absolute Gasteiger partial charge is 0.493 e. The molecule has 0 aromatic heterocycles. The molecule has 2 heterocycles. The summed E-state index contributed by atoms with van der Waals surface area (Å²) < 4.78 is 19.6. The number of hydrogen-bond donors (Lipinski definition) is 0. The molecule has 2 spiro atoms. The summed E-state index contributed by atoms with van der Waals surface area (Å²) in [5.41, 5.74) is 2.38. The number of fused-ring (bicyclic) bond motifs is 2. The number of likely N-dealkylation sites (tertiary alicyclic amines) is 1. The maximum Gasteiger partial charge on any atom is 0.165 e. The van der Waals surface area contributed by atoms with Crippen LogP contribution in [-0.2, 0) is 21.4 Å². The van der Waals surface area contributed by atoms with Gasteiger partial charge < -0.3 is 14.2 Å². The SMILES string of the molecule is COc1ccc2c3c1O[C@H]1[C@@]4(OC)CC[C@@]5(C[C@@H]4C(=O)C4CCCCC4)[C@@H](C2)N(CC2CC2)CC[C@]315. The molecule has 5 saturated carbocycles. The van der Waals surface area contributed by atoms with Gasteiger partial charge in [0.25, 0.3) is 0 Å². The fourth-order valence-electron chi connectivity index (χ4n) is 10.5. The Morgan fingerprint density at radius 1 is 1.08 bits per heavy atom. The highest BCUT2D eigenvalue weighted by atomic mass is 16.6. The molecule has 194 valence electrons. The predicted octanol–water partition coefficient (Wildman–Crippen LogP) is 5.07. The third kappa shape index (κ3) is 2.53. The van der Waals surface area contributed by atoms with Gasteiger partial charge in [0.1, 0.15) is 17.5 Å². The van der Waals surface area contributed by atoms with Gasteiger partial charge in [0.15, 0.2) is 11.5 Å². The second-order valence-corrected chi connectivity index (χ2v) is 13.3. The molecule has 5 nitrogen and oxygen atoms in total. The van der Waals surface area contributed by atoms with E-state index in [0.29, 0.717) is 11.8 Å². The van der Waals surface area contributed by atoms with Crippen LogP contribution in [0.3, 0.4) is 0 Å². The summed E-state index contributed by atoms with van der Waals surface area (Å²) in [6.07, 6.45) is 13.8. The molecule has 9 rings (SSSR count). The van der Waals surface area contributed by atoms with Crippen LogP contribution < -0.4 is 9.47 Å². The van der Waals surface area contributed by atoms with Crippen LogP contribution in [0, 0.1) is 23.2 Å². The van der Waals surface area contributed by atoms with Crippen molar-refractivity contribution in [3.63, 3.8) is 0 Å². The average molecular weight is 492 g/mol. The molecule has 4 bridgehead atoms. The van der Waals surface area contributed by atoms with Crippen molar-refractivity contribution >= 4 is 5.78 Å². The lowest BCUT2D eigenvalue weighted by atomic mass is 9.34. The van der Waals surface area contributed by atoms with E-state index in [1.54, 1.807) is 7.11 Å². The van der Waals surface area contributed by atoms with Gasteiger partial charge in [0, 0.05) is 42.0 Å². The highest BCUT2D eigenvalue weighted by Crippen LogP contribution is 2.77. The molecule has 6 aliphatic carbocycles. The van der Waals surface area contributed by atoms with E-state index in [9.17, 15) is 4.79 Å². The molecule has 0 radical (unpaired) electrons. The summed E-state index contributed by atoms with van der Waals surface area (Å²) in [4.78, 5) is 17.2. The van der Waals surface area contributed by atoms with Gasteiger partial charge in [-0.1, -0.05) is 25.3 Å². The van der Waals surface area contributed by atoms with E-state index < -0.39 is 5.60 Å². The van der Waals surface area contributed by atoms with Gasteiger partial charge in [-0.25, -0.2) is 0 Å². The van der Waals surface area contributed by atoms with Crippen molar-refractivity contribution in [2.45, 2.75) is 100 Å². The smallest absolute Gasteiger partial charge is 0.165 e. The van der Waals surface area contributed by atoms with Crippen molar-refractivity contribution in [2.24, 2.45) is 23.2 Å². The second kappa shape index (κ2) is 7.50. The summed E-state index contributed by atoms with van der Waals surface area (Å²) >= 11 is 0. The Hall–Kier alpha value is -1.59. The summed E-state index contributed by atoms with van der Waals surface area (Å²) in [5, 5.41) is 0. The van der Waals surface area contributed by atoms with Gasteiger partial charge >= 0.3 is 0 Å². The van der Waals surface area contributed by atoms with Crippen LogP contribution in [-0.4, -0.2) is 55.7 Å². The molecule has 0 unspecified atom stereocenters. The fraction of sp³-hybridized carbons (Fsp3) is 0.774. The van der Waals surface area contributed by atoms with Gasteiger partial charge in [-0.05, 0) is 81.9 Å². The maximum absolute atomic E-state index is 14.4. The van der Waals surface area contributed by atoms with Crippen molar-refractivity contribution in [3.05, 3.63) is 23.3 Å². The highest BCUT2D eigenvalue weighted by molar-refractivity contribution is 5.86. The molecule has 6 atom stereocenters. The van der Waals surface area contributed by atoms with Crippen LogP contribution >= 0.6 is 0 Å². The summed E-state index contributed by atoms with van der Waals surface area (Å²) in [5.74, 6) is 3.35. The zero-order valence-corrected chi connectivity index (χ0v) is 22.0. The van der Waals surface area contributed by atoms with E-state index in [-0.39, 0.29) is 28.8 Å². The number of rotatable bonds is 6. The molecule has 1 saturated heterocycles. The van der Waals surface area contributed by atoms with Crippen LogP contribution in [0.1, 0.15) is 81.8 Å². The number of nitrogens with zero attached hydrogens (tertiary/aromatic N) is 1. The van der Waals surface area contributed by atoms with Crippen molar-refractivity contribution < 1.29 is 19.0 Å². The van der Waals surface area contributed by atoms with Gasteiger partial charge in [0.05, 0.1) is 13.0 Å². The van der Waals surface area contributed by atoms with Crippen molar-refractivity contribution in [3.8, 4) is 11.5 Å². The first-order valence-electron chi connectivity index (χ1n) is 14.8. The van der Waals surface area contributed by atoms with Crippen LogP contribution in [0.25, 0.3) is 0 Å². The van der Waals surface area contributed by atoms with E-state index in [4.69, 9.17) is 14.2 Å². The average Bonchev–Trinajstić information content (AvgIpc) is 3.67. The molecule has 0 amide bonds. The van der Waals surface area contributed by atoms with Gasteiger partial charge in [0.2, 0.25) is 0 Å². The Bertz CT molecular complexity index is 1110. The topological polar surface area (TPSA) is 48.0 Å². The number of Topliss-reactive ketones (excluding diaryl/α,β-unsaturated/α-hetero) is 1. The molecule has 0 N–H and O–H groups in total. The Kier molecular flexibility index (Phi) is 4.67. The summed E-state index contributed by atoms with van der Waals surface area (Å²) in [6.45, 7) is 2.38. The molecule has 6 fully saturated rings. The quantitative estimate of drug-likeness (QED) is 0.556. The molecule has 1 aromatic rings. The number of methoxy groups -OCH3 is 2. The summed E-state index contributed by atoms with van der Waals surface area (Å²) in [7, 11) is 3.63. The van der Waals surface area contributed by atoms with E-state index in [0.717, 1.165) is 68.9 Å². The molecule has 36 heavy (non-hydrogen) atoms. The minimum atomic E-state index is -0.530. The van der Waals surface area contributed by atoms with Crippen molar-refractivity contribution in [2.75, 3.05) is 27.3 Å². The minimum Gasteiger partial charge on any atom is -0.493 e. The predicted molar refractivity (Wildman–Crippen MR) is 137 cm³/mol. The molecule has 5 heteroatoms. The normalized spacial score (nSPS) is 42.7. The number of ketones is 1. The van der Waals surface area contributed by atoms with Crippen LogP contribution in [0.2, 0.25) is 0 Å². The van der Waals surface area contributed by atoms with Gasteiger partial charge in [-0.3, -0.25) is 9.69 Å². The van der Waals surface area contributed by atoms with Crippen molar-refractivity contribution in [1.82, 2.24) is 4.90 Å². The Balaban J connectivity index is 1.31. The van der Waals surface area contributed by atoms with Gasteiger partial charge in [-0.15, -0.1) is 0 Å². The first kappa shape index (κ1) is 22.4. The molecular formula is C31H41NO4. The third-order valence-corrected chi connectivity index (χ3v) is 12.2. The van der Waals surface area contributed by atoms with E-state index in [1.807, 2.05) is 7.11 Å². The van der Waals surface area contributed by atoms with Crippen LogP contribution in [0.15, 0.2) is 12.1 Å². The second-order valence-electron chi connectivity index (χ2n) is 13.3. The zero-order chi connectivity index (χ0) is 24.3. The summed E-state index contributed by atoms with van der Waals surface area (Å²) in [6, 6.07) is 4.94. The molecule has 1 aromatic carbocycles. The molecule has 2 aliphatic heterocycles. The van der Waals surface area contributed by atoms with E-state index >= 15 is 0 Å². The first-order valence-corrected chi connectivity index (χ1v) is 14.8. The standard InChI is InChI=1S/C31H41NO4/c1-34-23-11-10-21-16-24-29-12-13-31(35-2,22(17-29)26(33)20-6-4-3-5-7-20)28-30(29,25(21)27(23)36-28)14-15-32(24)18-19-8-9-19/h10-11,19-20,22,24,28H,3-9,12-18H2,1-2H3/t22-,24-,28-,29-,30+,31-/m1/s1. The molecular weight excluding hydrogens is 450 g/mol. The molecule has 8 aliphatic rings. The van der Waals surface area contributed by atoms with Gasteiger partial charge in [-0.2, -0.15) is 0 Å². The van der Waals surface area contributed by atoms with Crippen LogP contribution in [0.4, 0.5) is 0 Å². The number of piperidine rings is 1. The minimum absolute atomic E-state index is 0.0530. The zero-order valence-electron chi connectivity index (χ0n) is 22.0. The van der Waals surface area contributed by atoms with E-state index in [1.165, 1.54) is 49.8 Å². The Labute approximate surface area is 215 Å². The fourth-order valence-corrected chi connectivity index (χ4v) is 10.5. The first-order chi connectivity index (χ1) is 17.6. The maximum atomic E-state index is 14.4. The Morgan fingerprint density at radius 3 is 2.67 bits per heavy atom. The highest BCUT2D eigenvalue weighted by Gasteiger charge is 2.81. The number of carbonyl (C=O) groups is 1.